The lowest BCUT2D eigenvalue weighted by molar-refractivity contribution is 0.295. The highest BCUT2D eigenvalue weighted by Gasteiger charge is 2.19. The van der Waals surface area contributed by atoms with E-state index in [0.717, 1.165) is 30.7 Å². The van der Waals surface area contributed by atoms with Crippen LogP contribution in [0.1, 0.15) is 35.7 Å². The number of ether oxygens (including phenoxy) is 1. The fourth-order valence-corrected chi connectivity index (χ4v) is 2.60. The van der Waals surface area contributed by atoms with Gasteiger partial charge in [0.25, 0.3) is 0 Å². The van der Waals surface area contributed by atoms with E-state index in [2.05, 4.69) is 16.4 Å². The summed E-state index contributed by atoms with van der Waals surface area (Å²) in [6, 6.07) is 6.27. The Hall–Kier alpha value is -1.88. The van der Waals surface area contributed by atoms with E-state index < -0.39 is 0 Å². The molecule has 19 heavy (non-hydrogen) atoms. The molecule has 0 saturated carbocycles. The van der Waals surface area contributed by atoms with Crippen LogP contribution in [-0.2, 0) is 20.1 Å². The first kappa shape index (κ1) is 12.2. The molecule has 1 aliphatic carbocycles. The maximum atomic E-state index is 6.14. The van der Waals surface area contributed by atoms with Crippen LogP contribution in [-0.4, -0.2) is 15.0 Å². The van der Waals surface area contributed by atoms with Crippen LogP contribution >= 0.6 is 0 Å². The molecule has 0 spiro atoms. The molecule has 1 aliphatic rings. The van der Waals surface area contributed by atoms with Crippen molar-refractivity contribution in [3.05, 3.63) is 41.2 Å². The topological polar surface area (TPSA) is 66.0 Å². The summed E-state index contributed by atoms with van der Waals surface area (Å²) >= 11 is 0. The lowest BCUT2D eigenvalue weighted by Crippen LogP contribution is -2.18. The van der Waals surface area contributed by atoms with Gasteiger partial charge in [0.1, 0.15) is 18.1 Å². The van der Waals surface area contributed by atoms with Gasteiger partial charge in [-0.2, -0.15) is 0 Å². The molecule has 0 saturated heterocycles. The number of fused-ring (bicyclic) bond motifs is 1. The number of rotatable bonds is 3. The van der Waals surface area contributed by atoms with Crippen LogP contribution in [0.4, 0.5) is 0 Å². The number of aryl methyl sites for hydroxylation is 1. The summed E-state index contributed by atoms with van der Waals surface area (Å²) in [5.74, 6) is 0.929. The highest BCUT2D eigenvalue weighted by molar-refractivity contribution is 5.43. The summed E-state index contributed by atoms with van der Waals surface area (Å²) in [4.78, 5) is 0. The van der Waals surface area contributed by atoms with Crippen LogP contribution in [0.25, 0.3) is 0 Å². The van der Waals surface area contributed by atoms with Crippen LogP contribution in [0.3, 0.4) is 0 Å². The van der Waals surface area contributed by atoms with E-state index in [9.17, 15) is 0 Å². The first-order valence-corrected chi connectivity index (χ1v) is 6.59. The molecular formula is C14H18N4O. The van der Waals surface area contributed by atoms with Crippen molar-refractivity contribution in [1.82, 2.24) is 15.0 Å². The lowest BCUT2D eigenvalue weighted by atomic mass is 9.87. The Morgan fingerprint density at radius 1 is 1.47 bits per heavy atom. The van der Waals surface area contributed by atoms with Crippen molar-refractivity contribution in [2.45, 2.75) is 31.9 Å². The lowest BCUT2D eigenvalue weighted by Gasteiger charge is -2.24. The second kappa shape index (κ2) is 5.01. The molecule has 0 aliphatic heterocycles. The largest absolute Gasteiger partial charge is 0.487 e. The quantitative estimate of drug-likeness (QED) is 0.910. The minimum absolute atomic E-state index is 0.142. The van der Waals surface area contributed by atoms with Gasteiger partial charge in [-0.15, -0.1) is 5.10 Å². The zero-order chi connectivity index (χ0) is 13.2. The third-order valence-electron chi connectivity index (χ3n) is 3.54. The molecule has 2 aromatic rings. The van der Waals surface area contributed by atoms with E-state index in [-0.39, 0.29) is 6.04 Å². The molecule has 1 aromatic carbocycles. The average Bonchev–Trinajstić information content (AvgIpc) is 2.83. The summed E-state index contributed by atoms with van der Waals surface area (Å²) in [6.45, 7) is 0.444. The Morgan fingerprint density at radius 3 is 3.16 bits per heavy atom. The minimum atomic E-state index is 0.142. The second-order valence-electron chi connectivity index (χ2n) is 4.99. The highest BCUT2D eigenvalue weighted by atomic mass is 16.5. The molecule has 1 aromatic heterocycles. The van der Waals surface area contributed by atoms with Gasteiger partial charge in [0.05, 0.1) is 6.20 Å². The first-order valence-electron chi connectivity index (χ1n) is 6.59. The van der Waals surface area contributed by atoms with Gasteiger partial charge in [-0.05, 0) is 36.5 Å². The number of hydrogen-bond donors (Lipinski definition) is 1. The Bertz CT molecular complexity index is 579. The van der Waals surface area contributed by atoms with Gasteiger partial charge in [0, 0.05) is 13.1 Å². The summed E-state index contributed by atoms with van der Waals surface area (Å²) in [5.41, 5.74) is 9.46. The molecule has 5 nitrogen and oxygen atoms in total. The Balaban J connectivity index is 1.79. The van der Waals surface area contributed by atoms with Gasteiger partial charge in [-0.3, -0.25) is 4.68 Å². The molecule has 100 valence electrons. The molecule has 0 fully saturated rings. The van der Waals surface area contributed by atoms with Crippen molar-refractivity contribution in [1.29, 1.82) is 0 Å². The van der Waals surface area contributed by atoms with E-state index in [0.29, 0.717) is 6.61 Å². The van der Waals surface area contributed by atoms with Crippen LogP contribution < -0.4 is 10.5 Å². The molecule has 5 heteroatoms. The molecule has 0 amide bonds. The zero-order valence-corrected chi connectivity index (χ0v) is 11.0. The molecule has 0 bridgehead atoms. The fourth-order valence-electron chi connectivity index (χ4n) is 2.60. The van der Waals surface area contributed by atoms with Gasteiger partial charge in [-0.25, -0.2) is 0 Å². The standard InChI is InChI=1S/C14H18N4O/c1-18-8-10(16-17-18)9-19-14-7-3-4-11-12(14)5-2-6-13(11)15/h3-4,7-8,13H,2,5-6,9,15H2,1H3. The Kier molecular flexibility index (Phi) is 3.21. The Morgan fingerprint density at radius 2 is 2.37 bits per heavy atom. The first-order chi connectivity index (χ1) is 9.24. The van der Waals surface area contributed by atoms with Crippen LogP contribution in [0.15, 0.2) is 24.4 Å². The van der Waals surface area contributed by atoms with Gasteiger partial charge in [-0.1, -0.05) is 17.3 Å². The average molecular weight is 258 g/mol. The number of hydrogen-bond acceptors (Lipinski definition) is 4. The van der Waals surface area contributed by atoms with Crippen LogP contribution in [0, 0.1) is 0 Å². The fraction of sp³-hybridized carbons (Fsp3) is 0.429. The van der Waals surface area contributed by atoms with E-state index in [1.807, 2.05) is 25.4 Å². The van der Waals surface area contributed by atoms with E-state index in [4.69, 9.17) is 10.5 Å². The molecular weight excluding hydrogens is 240 g/mol. The van der Waals surface area contributed by atoms with Crippen molar-refractivity contribution >= 4 is 0 Å². The maximum Gasteiger partial charge on any atom is 0.134 e. The summed E-state index contributed by atoms with van der Waals surface area (Å²) in [5, 5.41) is 7.92. The SMILES string of the molecule is Cn1cc(COc2cccc3c2CCCC3N)nn1. The smallest absolute Gasteiger partial charge is 0.134 e. The third kappa shape index (κ3) is 2.46. The maximum absolute atomic E-state index is 6.14. The van der Waals surface area contributed by atoms with Crippen molar-refractivity contribution in [2.24, 2.45) is 12.8 Å². The van der Waals surface area contributed by atoms with Gasteiger partial charge >= 0.3 is 0 Å². The molecule has 0 radical (unpaired) electrons. The molecule has 3 rings (SSSR count). The van der Waals surface area contributed by atoms with Crippen molar-refractivity contribution in [2.75, 3.05) is 0 Å². The minimum Gasteiger partial charge on any atom is -0.487 e. The van der Waals surface area contributed by atoms with Crippen LogP contribution in [0.5, 0.6) is 5.75 Å². The van der Waals surface area contributed by atoms with Crippen LogP contribution in [0.2, 0.25) is 0 Å². The number of nitrogens with two attached hydrogens (primary N) is 1. The van der Waals surface area contributed by atoms with E-state index in [1.54, 1.807) is 4.68 Å². The predicted octanol–water partition coefficient (Wildman–Crippen LogP) is 1.73. The molecule has 1 heterocycles. The van der Waals surface area contributed by atoms with Crippen molar-refractivity contribution < 1.29 is 4.74 Å². The van der Waals surface area contributed by atoms with E-state index in [1.165, 1.54) is 11.1 Å². The predicted molar refractivity (Wildman–Crippen MR) is 71.6 cm³/mol. The number of nitrogens with zero attached hydrogens (tertiary/aromatic N) is 3. The number of aromatic nitrogens is 3. The second-order valence-corrected chi connectivity index (χ2v) is 4.99. The molecule has 2 N–H and O–H groups in total. The van der Waals surface area contributed by atoms with Gasteiger partial charge < -0.3 is 10.5 Å². The van der Waals surface area contributed by atoms with Crippen molar-refractivity contribution in [3.8, 4) is 5.75 Å². The highest BCUT2D eigenvalue weighted by Crippen LogP contribution is 2.34. The summed E-state index contributed by atoms with van der Waals surface area (Å²) < 4.78 is 7.56. The molecule has 1 unspecified atom stereocenters. The van der Waals surface area contributed by atoms with Gasteiger partial charge in [0.2, 0.25) is 0 Å². The van der Waals surface area contributed by atoms with Gasteiger partial charge in [0.15, 0.2) is 0 Å². The summed E-state index contributed by atoms with van der Waals surface area (Å²) in [6.07, 6.45) is 5.08. The normalized spacial score (nSPS) is 18.1. The Labute approximate surface area is 112 Å². The van der Waals surface area contributed by atoms with E-state index >= 15 is 0 Å². The molecule has 1 atom stereocenters. The monoisotopic (exact) mass is 258 g/mol. The third-order valence-corrected chi connectivity index (χ3v) is 3.54. The summed E-state index contributed by atoms with van der Waals surface area (Å²) in [7, 11) is 1.85. The number of benzene rings is 1. The zero-order valence-electron chi connectivity index (χ0n) is 11.0. The van der Waals surface area contributed by atoms with Crippen molar-refractivity contribution in [3.63, 3.8) is 0 Å².